The lowest BCUT2D eigenvalue weighted by atomic mass is 10.0. The van der Waals surface area contributed by atoms with Crippen LogP contribution >= 0.6 is 0 Å². The molecule has 0 aliphatic heterocycles. The number of ether oxygens (including phenoxy) is 1. The average molecular weight is 267 g/mol. The molecular weight excluding hydrogens is 246 g/mol. The maximum Gasteiger partial charge on any atom is 0.371 e. The zero-order chi connectivity index (χ0) is 13.9. The summed E-state index contributed by atoms with van der Waals surface area (Å²) in [7, 11) is 1.72. The third kappa shape index (κ3) is 3.58. The molecule has 5 nitrogen and oxygen atoms in total. The van der Waals surface area contributed by atoms with Gasteiger partial charge in [0.1, 0.15) is 5.76 Å². The molecule has 1 aliphatic carbocycles. The first-order valence-corrected chi connectivity index (χ1v) is 6.62. The van der Waals surface area contributed by atoms with Gasteiger partial charge >= 0.3 is 5.97 Å². The van der Waals surface area contributed by atoms with Crippen molar-refractivity contribution in [2.75, 3.05) is 20.3 Å². The zero-order valence-electron chi connectivity index (χ0n) is 11.4. The van der Waals surface area contributed by atoms with E-state index < -0.39 is 5.97 Å². The van der Waals surface area contributed by atoms with E-state index in [-0.39, 0.29) is 11.8 Å². The molecular formula is C14H21NO4. The minimum absolute atomic E-state index is 0.0100. The molecule has 0 aromatic carbocycles. The molecule has 1 aromatic rings. The van der Waals surface area contributed by atoms with E-state index >= 15 is 0 Å². The van der Waals surface area contributed by atoms with Crippen LogP contribution in [-0.4, -0.2) is 31.3 Å². The number of carbonyl (C=O) groups is 1. The van der Waals surface area contributed by atoms with Crippen LogP contribution in [0.15, 0.2) is 16.5 Å². The predicted octanol–water partition coefficient (Wildman–Crippen LogP) is 2.45. The fourth-order valence-corrected chi connectivity index (χ4v) is 2.18. The van der Waals surface area contributed by atoms with E-state index in [1.54, 1.807) is 13.2 Å². The highest BCUT2D eigenvalue weighted by molar-refractivity contribution is 5.84. The second-order valence-corrected chi connectivity index (χ2v) is 5.35. The van der Waals surface area contributed by atoms with Crippen LogP contribution in [0.4, 0.5) is 0 Å². The van der Waals surface area contributed by atoms with E-state index in [0.717, 1.165) is 19.6 Å². The molecule has 2 rings (SSSR count). The first-order valence-electron chi connectivity index (χ1n) is 6.62. The van der Waals surface area contributed by atoms with E-state index in [0.29, 0.717) is 11.2 Å². The Kier molecular flexibility index (Phi) is 4.27. The fourth-order valence-electron chi connectivity index (χ4n) is 2.18. The van der Waals surface area contributed by atoms with Gasteiger partial charge in [-0.2, -0.15) is 0 Å². The number of carboxylic acids is 1. The molecule has 1 atom stereocenters. The molecule has 0 amide bonds. The standard InChI is InChI=1S/C14H21NO4/c1-10(11-3-4-12(19-11)13(16)17)15-9-14(5-6-14)7-8-18-2/h3-4,10,15H,5-9H2,1-2H3,(H,16,17). The molecule has 0 bridgehead atoms. The van der Waals surface area contributed by atoms with Gasteiger partial charge in [-0.1, -0.05) is 0 Å². The molecule has 2 N–H and O–H groups in total. The van der Waals surface area contributed by atoms with Crippen LogP contribution in [0.1, 0.15) is 48.5 Å². The van der Waals surface area contributed by atoms with Crippen molar-refractivity contribution in [3.63, 3.8) is 0 Å². The number of rotatable bonds is 8. The number of nitrogens with one attached hydrogen (secondary N) is 1. The molecule has 1 unspecified atom stereocenters. The summed E-state index contributed by atoms with van der Waals surface area (Å²) in [5.41, 5.74) is 0.368. The summed E-state index contributed by atoms with van der Waals surface area (Å²) in [5, 5.41) is 12.2. The van der Waals surface area contributed by atoms with Crippen molar-refractivity contribution in [1.29, 1.82) is 0 Å². The van der Waals surface area contributed by atoms with E-state index in [1.165, 1.54) is 18.9 Å². The van der Waals surface area contributed by atoms with Gasteiger partial charge in [0, 0.05) is 20.3 Å². The lowest BCUT2D eigenvalue weighted by Crippen LogP contribution is -2.27. The molecule has 0 spiro atoms. The van der Waals surface area contributed by atoms with Crippen molar-refractivity contribution in [3.05, 3.63) is 23.7 Å². The molecule has 1 heterocycles. The highest BCUT2D eigenvalue weighted by Crippen LogP contribution is 2.48. The largest absolute Gasteiger partial charge is 0.475 e. The topological polar surface area (TPSA) is 71.7 Å². The number of furan rings is 1. The van der Waals surface area contributed by atoms with Gasteiger partial charge in [-0.05, 0) is 43.7 Å². The monoisotopic (exact) mass is 267 g/mol. The normalized spacial score (nSPS) is 18.2. The second-order valence-electron chi connectivity index (χ2n) is 5.35. The molecule has 0 radical (unpaired) electrons. The van der Waals surface area contributed by atoms with Gasteiger partial charge in [-0.3, -0.25) is 0 Å². The van der Waals surface area contributed by atoms with Gasteiger partial charge in [0.2, 0.25) is 5.76 Å². The molecule has 1 fully saturated rings. The number of methoxy groups -OCH3 is 1. The molecule has 1 aromatic heterocycles. The lowest BCUT2D eigenvalue weighted by molar-refractivity contribution is 0.0659. The van der Waals surface area contributed by atoms with Crippen molar-refractivity contribution in [2.24, 2.45) is 5.41 Å². The predicted molar refractivity (Wildman–Crippen MR) is 70.2 cm³/mol. The summed E-state index contributed by atoms with van der Waals surface area (Å²) in [5.74, 6) is -0.374. The van der Waals surface area contributed by atoms with Gasteiger partial charge in [0.05, 0.1) is 6.04 Å². The minimum atomic E-state index is -1.03. The summed E-state index contributed by atoms with van der Waals surface area (Å²) in [6, 6.07) is 3.23. The highest BCUT2D eigenvalue weighted by Gasteiger charge is 2.41. The smallest absolute Gasteiger partial charge is 0.371 e. The molecule has 106 valence electrons. The summed E-state index contributed by atoms with van der Waals surface area (Å²) in [4.78, 5) is 10.8. The highest BCUT2D eigenvalue weighted by atomic mass is 16.5. The van der Waals surface area contributed by atoms with Gasteiger partial charge in [0.15, 0.2) is 0 Å². The zero-order valence-corrected chi connectivity index (χ0v) is 11.4. The van der Waals surface area contributed by atoms with E-state index in [9.17, 15) is 4.79 Å². The SMILES string of the molecule is COCCC1(CNC(C)c2ccc(C(=O)O)o2)CC1. The number of hydrogen-bond donors (Lipinski definition) is 2. The van der Waals surface area contributed by atoms with Gasteiger partial charge < -0.3 is 19.6 Å². The summed E-state index contributed by atoms with van der Waals surface area (Å²) >= 11 is 0. The Morgan fingerprint density at radius 1 is 1.58 bits per heavy atom. The fraction of sp³-hybridized carbons (Fsp3) is 0.643. The van der Waals surface area contributed by atoms with E-state index in [4.69, 9.17) is 14.3 Å². The Balaban J connectivity index is 1.83. The maximum absolute atomic E-state index is 10.8. The summed E-state index contributed by atoms with van der Waals surface area (Å²) in [6.07, 6.45) is 3.53. The Hall–Kier alpha value is -1.33. The average Bonchev–Trinajstić information content (AvgIpc) is 2.97. The molecule has 5 heteroatoms. The first-order chi connectivity index (χ1) is 9.06. The molecule has 1 saturated carbocycles. The second kappa shape index (κ2) is 5.75. The van der Waals surface area contributed by atoms with Crippen molar-refractivity contribution in [1.82, 2.24) is 5.32 Å². The van der Waals surface area contributed by atoms with E-state index in [2.05, 4.69) is 5.32 Å². The van der Waals surface area contributed by atoms with Crippen LogP contribution in [0.2, 0.25) is 0 Å². The third-order valence-electron chi connectivity index (χ3n) is 3.84. The minimum Gasteiger partial charge on any atom is -0.475 e. The van der Waals surface area contributed by atoms with E-state index in [1.807, 2.05) is 6.92 Å². The van der Waals surface area contributed by atoms with Gasteiger partial charge in [0.25, 0.3) is 0 Å². The number of aromatic carboxylic acids is 1. The van der Waals surface area contributed by atoms with Gasteiger partial charge in [-0.15, -0.1) is 0 Å². The quantitative estimate of drug-likeness (QED) is 0.757. The van der Waals surface area contributed by atoms with Gasteiger partial charge in [-0.25, -0.2) is 4.79 Å². The Labute approximate surface area is 112 Å². The van der Waals surface area contributed by atoms with Crippen LogP contribution in [0.5, 0.6) is 0 Å². The lowest BCUT2D eigenvalue weighted by Gasteiger charge is -2.18. The first kappa shape index (κ1) is 14.1. The van der Waals surface area contributed by atoms with Crippen LogP contribution in [-0.2, 0) is 4.74 Å². The van der Waals surface area contributed by atoms with Crippen molar-refractivity contribution >= 4 is 5.97 Å². The van der Waals surface area contributed by atoms with Crippen molar-refractivity contribution < 1.29 is 19.1 Å². The summed E-state index contributed by atoms with van der Waals surface area (Å²) < 4.78 is 10.4. The Morgan fingerprint density at radius 2 is 2.32 bits per heavy atom. The number of carboxylic acid groups (broad SMARTS) is 1. The maximum atomic E-state index is 10.8. The van der Waals surface area contributed by atoms with Crippen LogP contribution in [0, 0.1) is 5.41 Å². The van der Waals surface area contributed by atoms with Crippen molar-refractivity contribution in [3.8, 4) is 0 Å². The molecule has 1 aliphatic rings. The Bertz CT molecular complexity index is 436. The number of hydrogen-bond acceptors (Lipinski definition) is 4. The van der Waals surface area contributed by atoms with Crippen molar-refractivity contribution in [2.45, 2.75) is 32.2 Å². The van der Waals surface area contributed by atoms with Crippen LogP contribution in [0.3, 0.4) is 0 Å². The molecule has 19 heavy (non-hydrogen) atoms. The third-order valence-corrected chi connectivity index (χ3v) is 3.84. The van der Waals surface area contributed by atoms with Crippen LogP contribution in [0.25, 0.3) is 0 Å². The summed E-state index contributed by atoms with van der Waals surface area (Å²) in [6.45, 7) is 3.69. The molecule has 0 saturated heterocycles. The van der Waals surface area contributed by atoms with Crippen LogP contribution < -0.4 is 5.32 Å². The Morgan fingerprint density at radius 3 is 2.84 bits per heavy atom.